The molecule has 1 unspecified atom stereocenters. The Kier molecular flexibility index (Phi) is 5.14. The van der Waals surface area contributed by atoms with Crippen LogP contribution < -0.4 is 0 Å². The van der Waals surface area contributed by atoms with E-state index in [4.69, 9.17) is 9.47 Å². The van der Waals surface area contributed by atoms with Crippen LogP contribution in [0.25, 0.3) is 0 Å². The molecule has 5 nitrogen and oxygen atoms in total. The normalized spacial score (nSPS) is 38.2. The van der Waals surface area contributed by atoms with Gasteiger partial charge in [0.1, 0.15) is 24.4 Å². The Morgan fingerprint density at radius 2 is 1.61 bits per heavy atom. The highest BCUT2D eigenvalue weighted by molar-refractivity contribution is 4.96. The number of hydrogen-bond donors (Lipinski definition) is 3. The molecule has 5 atom stereocenters. The average Bonchev–Trinajstić information content (AvgIpc) is 2.23. The van der Waals surface area contributed by atoms with Crippen molar-refractivity contribution in [1.29, 1.82) is 0 Å². The highest BCUT2D eigenvalue weighted by Gasteiger charge is 2.47. The van der Waals surface area contributed by atoms with Gasteiger partial charge in [0.25, 0.3) is 0 Å². The summed E-state index contributed by atoms with van der Waals surface area (Å²) < 4.78 is 11.1. The highest BCUT2D eigenvalue weighted by Crippen LogP contribution is 2.33. The fraction of sp³-hybridized carbons (Fsp3) is 1.00. The van der Waals surface area contributed by atoms with Crippen molar-refractivity contribution >= 4 is 0 Å². The van der Waals surface area contributed by atoms with Crippen molar-refractivity contribution in [2.75, 3.05) is 6.61 Å². The Balaban J connectivity index is 2.74. The predicted octanol–water partition coefficient (Wildman–Crippen LogP) is 0.308. The summed E-state index contributed by atoms with van der Waals surface area (Å²) in [5, 5.41) is 29.7. The van der Waals surface area contributed by atoms with Gasteiger partial charge >= 0.3 is 0 Å². The van der Waals surface area contributed by atoms with E-state index in [1.807, 2.05) is 34.6 Å². The summed E-state index contributed by atoms with van der Waals surface area (Å²) in [4.78, 5) is 0. The van der Waals surface area contributed by atoms with E-state index in [2.05, 4.69) is 0 Å². The van der Waals surface area contributed by atoms with Crippen LogP contribution in [-0.4, -0.2) is 58.6 Å². The second kappa shape index (κ2) is 5.84. The molecule has 1 aliphatic rings. The van der Waals surface area contributed by atoms with Gasteiger partial charge in [0, 0.05) is 0 Å². The zero-order valence-electron chi connectivity index (χ0n) is 11.8. The summed E-state index contributed by atoms with van der Waals surface area (Å²) in [5.74, 6) is 0. The maximum absolute atomic E-state index is 9.96. The van der Waals surface area contributed by atoms with E-state index in [0.29, 0.717) is 0 Å². The summed E-state index contributed by atoms with van der Waals surface area (Å²) in [6, 6.07) is 0. The SMILES string of the molecule is CC(C)OC[C@H]1OC(C(C)(C)C)[C@H](O)[C@@H](O)[C@@H]1O. The third-order valence-electron chi connectivity index (χ3n) is 3.16. The van der Waals surface area contributed by atoms with Gasteiger partial charge in [-0.3, -0.25) is 0 Å². The van der Waals surface area contributed by atoms with Gasteiger partial charge in [-0.15, -0.1) is 0 Å². The van der Waals surface area contributed by atoms with Crippen molar-refractivity contribution in [2.24, 2.45) is 5.41 Å². The van der Waals surface area contributed by atoms with Crippen LogP contribution in [0.3, 0.4) is 0 Å². The second-order valence-corrected chi connectivity index (χ2v) is 6.32. The Morgan fingerprint density at radius 1 is 1.06 bits per heavy atom. The van der Waals surface area contributed by atoms with Crippen LogP contribution in [-0.2, 0) is 9.47 Å². The fourth-order valence-corrected chi connectivity index (χ4v) is 2.09. The van der Waals surface area contributed by atoms with Crippen LogP contribution >= 0.6 is 0 Å². The molecule has 5 heteroatoms. The molecule has 0 bridgehead atoms. The van der Waals surface area contributed by atoms with Crippen LogP contribution in [0.1, 0.15) is 34.6 Å². The van der Waals surface area contributed by atoms with E-state index in [0.717, 1.165) is 0 Å². The van der Waals surface area contributed by atoms with E-state index >= 15 is 0 Å². The van der Waals surface area contributed by atoms with Crippen LogP contribution in [0.2, 0.25) is 0 Å². The summed E-state index contributed by atoms with van der Waals surface area (Å²) in [7, 11) is 0. The van der Waals surface area contributed by atoms with Gasteiger partial charge in [-0.25, -0.2) is 0 Å². The maximum atomic E-state index is 9.96. The first-order chi connectivity index (χ1) is 8.14. The Labute approximate surface area is 109 Å². The summed E-state index contributed by atoms with van der Waals surface area (Å²) >= 11 is 0. The Morgan fingerprint density at radius 3 is 2.06 bits per heavy atom. The summed E-state index contributed by atoms with van der Waals surface area (Å²) in [6.45, 7) is 9.75. The van der Waals surface area contributed by atoms with Crippen LogP contribution in [0.4, 0.5) is 0 Å². The van der Waals surface area contributed by atoms with Gasteiger partial charge in [-0.1, -0.05) is 20.8 Å². The third kappa shape index (κ3) is 3.65. The lowest BCUT2D eigenvalue weighted by Crippen LogP contribution is -2.61. The summed E-state index contributed by atoms with van der Waals surface area (Å²) in [5.41, 5.74) is -0.323. The van der Waals surface area contributed by atoms with Crippen molar-refractivity contribution in [2.45, 2.75) is 71.2 Å². The van der Waals surface area contributed by atoms with E-state index in [1.165, 1.54) is 0 Å². The molecule has 0 radical (unpaired) electrons. The molecule has 18 heavy (non-hydrogen) atoms. The summed E-state index contributed by atoms with van der Waals surface area (Å²) in [6.07, 6.45) is -4.54. The predicted molar refractivity (Wildman–Crippen MR) is 67.2 cm³/mol. The molecule has 0 saturated carbocycles. The highest BCUT2D eigenvalue weighted by atomic mass is 16.6. The Bertz CT molecular complexity index is 261. The van der Waals surface area contributed by atoms with Crippen molar-refractivity contribution in [3.63, 3.8) is 0 Å². The lowest BCUT2D eigenvalue weighted by atomic mass is 9.80. The zero-order valence-corrected chi connectivity index (χ0v) is 11.8. The van der Waals surface area contributed by atoms with E-state index in [-0.39, 0.29) is 18.1 Å². The number of rotatable bonds is 3. The standard InChI is InChI=1S/C13H26O5/c1-7(2)17-6-8-9(14)10(15)11(16)12(18-8)13(3,4)5/h7-12,14-16H,6H2,1-5H3/t8-,9-,10+,11-,12?/m1/s1. The molecule has 0 spiro atoms. The van der Waals surface area contributed by atoms with Crippen molar-refractivity contribution in [3.05, 3.63) is 0 Å². The molecular formula is C13H26O5. The maximum Gasteiger partial charge on any atom is 0.111 e. The van der Waals surface area contributed by atoms with Crippen LogP contribution in [0.5, 0.6) is 0 Å². The minimum Gasteiger partial charge on any atom is -0.388 e. The molecule has 0 aliphatic carbocycles. The van der Waals surface area contributed by atoms with Crippen molar-refractivity contribution in [3.8, 4) is 0 Å². The van der Waals surface area contributed by atoms with E-state index in [1.54, 1.807) is 0 Å². The van der Waals surface area contributed by atoms with Gasteiger partial charge in [0.15, 0.2) is 0 Å². The third-order valence-corrected chi connectivity index (χ3v) is 3.16. The Hall–Kier alpha value is -0.200. The minimum absolute atomic E-state index is 0.0258. The number of ether oxygens (including phenoxy) is 2. The first kappa shape index (κ1) is 15.9. The van der Waals surface area contributed by atoms with Gasteiger partial charge in [0.05, 0.1) is 18.8 Å². The fourth-order valence-electron chi connectivity index (χ4n) is 2.09. The van der Waals surface area contributed by atoms with Gasteiger partial charge in [0.2, 0.25) is 0 Å². The number of hydrogen-bond acceptors (Lipinski definition) is 5. The van der Waals surface area contributed by atoms with Gasteiger partial charge in [-0.2, -0.15) is 0 Å². The minimum atomic E-state index is -1.20. The molecule has 0 amide bonds. The van der Waals surface area contributed by atoms with Crippen LogP contribution in [0.15, 0.2) is 0 Å². The quantitative estimate of drug-likeness (QED) is 0.682. The molecule has 108 valence electrons. The van der Waals surface area contributed by atoms with E-state index in [9.17, 15) is 15.3 Å². The molecule has 3 N–H and O–H groups in total. The second-order valence-electron chi connectivity index (χ2n) is 6.32. The zero-order chi connectivity index (χ0) is 14.1. The smallest absolute Gasteiger partial charge is 0.111 e. The van der Waals surface area contributed by atoms with Crippen LogP contribution in [0, 0.1) is 5.41 Å². The molecule has 0 aromatic carbocycles. The molecular weight excluding hydrogens is 236 g/mol. The molecule has 1 heterocycles. The van der Waals surface area contributed by atoms with Crippen molar-refractivity contribution < 1.29 is 24.8 Å². The first-order valence-corrected chi connectivity index (χ1v) is 6.46. The van der Waals surface area contributed by atoms with Gasteiger partial charge in [-0.05, 0) is 19.3 Å². The van der Waals surface area contributed by atoms with Gasteiger partial charge < -0.3 is 24.8 Å². The molecule has 1 fully saturated rings. The first-order valence-electron chi connectivity index (χ1n) is 6.46. The lowest BCUT2D eigenvalue weighted by Gasteiger charge is -2.45. The molecule has 0 aromatic heterocycles. The lowest BCUT2D eigenvalue weighted by molar-refractivity contribution is -0.255. The molecule has 1 saturated heterocycles. The largest absolute Gasteiger partial charge is 0.388 e. The van der Waals surface area contributed by atoms with E-state index < -0.39 is 30.5 Å². The molecule has 1 aliphatic heterocycles. The monoisotopic (exact) mass is 262 g/mol. The molecule has 0 aromatic rings. The average molecular weight is 262 g/mol. The molecule has 1 rings (SSSR count). The van der Waals surface area contributed by atoms with Crippen molar-refractivity contribution in [1.82, 2.24) is 0 Å². The number of aliphatic hydroxyl groups is 3. The number of aliphatic hydroxyl groups excluding tert-OH is 3. The topological polar surface area (TPSA) is 79.2 Å².